The molecule has 94 valence electrons. The maximum absolute atomic E-state index is 13.0. The molecule has 18 heavy (non-hydrogen) atoms. The largest absolute Gasteiger partial charge is 0.464 e. The molecule has 0 spiro atoms. The van der Waals surface area contributed by atoms with E-state index >= 15 is 0 Å². The van der Waals surface area contributed by atoms with Crippen LogP contribution in [-0.2, 0) is 11.3 Å². The lowest BCUT2D eigenvalue weighted by molar-refractivity contribution is 0.0594. The molecule has 5 nitrogen and oxygen atoms in total. The number of rotatable bonds is 3. The third-order valence-electron chi connectivity index (χ3n) is 2.40. The smallest absolute Gasteiger partial charge is 0.360 e. The summed E-state index contributed by atoms with van der Waals surface area (Å²) in [7, 11) is 1.26. The van der Waals surface area contributed by atoms with Crippen molar-refractivity contribution in [2.45, 2.75) is 6.54 Å². The van der Waals surface area contributed by atoms with Gasteiger partial charge in [-0.3, -0.25) is 4.68 Å². The van der Waals surface area contributed by atoms with Gasteiger partial charge >= 0.3 is 5.97 Å². The molecule has 0 bridgehead atoms. The van der Waals surface area contributed by atoms with Gasteiger partial charge in [0.15, 0.2) is 5.69 Å². The van der Waals surface area contributed by atoms with Crippen LogP contribution in [0.4, 0.5) is 10.1 Å². The zero-order chi connectivity index (χ0) is 13.1. The predicted octanol–water partition coefficient (Wildman–Crippen LogP) is 1.44. The van der Waals surface area contributed by atoms with Crippen LogP contribution in [0.3, 0.4) is 0 Å². The van der Waals surface area contributed by atoms with Crippen LogP contribution >= 0.6 is 0 Å². The number of aromatic nitrogens is 2. The van der Waals surface area contributed by atoms with Gasteiger partial charge in [0, 0.05) is 6.20 Å². The summed E-state index contributed by atoms with van der Waals surface area (Å²) in [6, 6.07) is 6.13. The molecule has 0 aliphatic carbocycles. The Labute approximate surface area is 103 Å². The summed E-state index contributed by atoms with van der Waals surface area (Å²) in [5.41, 5.74) is 6.67. The van der Waals surface area contributed by atoms with Crippen LogP contribution in [0.5, 0.6) is 0 Å². The molecule has 2 aromatic rings. The molecule has 1 heterocycles. The number of hydrogen-bond donors (Lipinski definition) is 1. The minimum atomic E-state index is -0.592. The predicted molar refractivity (Wildman–Crippen MR) is 63.5 cm³/mol. The fourth-order valence-electron chi connectivity index (χ4n) is 1.60. The lowest BCUT2D eigenvalue weighted by atomic mass is 10.2. The fraction of sp³-hybridized carbons (Fsp3) is 0.167. The maximum atomic E-state index is 13.0. The first-order valence-corrected chi connectivity index (χ1v) is 5.26. The molecule has 2 rings (SSSR count). The Hall–Kier alpha value is -2.37. The van der Waals surface area contributed by atoms with Crippen molar-refractivity contribution in [1.82, 2.24) is 9.78 Å². The van der Waals surface area contributed by atoms with Gasteiger partial charge in [-0.2, -0.15) is 5.10 Å². The highest BCUT2D eigenvalue weighted by Crippen LogP contribution is 2.12. The van der Waals surface area contributed by atoms with Crippen molar-refractivity contribution in [2.24, 2.45) is 0 Å². The third-order valence-corrected chi connectivity index (χ3v) is 2.40. The van der Waals surface area contributed by atoms with Crippen molar-refractivity contribution >= 4 is 11.7 Å². The van der Waals surface area contributed by atoms with Crippen molar-refractivity contribution in [3.63, 3.8) is 0 Å². The van der Waals surface area contributed by atoms with E-state index in [2.05, 4.69) is 9.84 Å². The summed E-state index contributed by atoms with van der Waals surface area (Å²) < 4.78 is 19.0. The zero-order valence-electron chi connectivity index (χ0n) is 9.76. The molecule has 0 saturated carbocycles. The van der Waals surface area contributed by atoms with Gasteiger partial charge in [-0.1, -0.05) is 12.1 Å². The molecule has 2 N–H and O–H groups in total. The summed E-state index contributed by atoms with van der Waals surface area (Å²) in [6.07, 6.45) is 1.51. The minimum absolute atomic E-state index is 0.0638. The normalized spacial score (nSPS) is 10.3. The maximum Gasteiger partial charge on any atom is 0.360 e. The highest BCUT2D eigenvalue weighted by atomic mass is 19.1. The number of nitrogen functional groups attached to an aromatic ring is 1. The number of carbonyl (C=O) groups is 1. The number of methoxy groups -OCH3 is 1. The van der Waals surface area contributed by atoms with E-state index in [9.17, 15) is 9.18 Å². The van der Waals surface area contributed by atoms with Gasteiger partial charge < -0.3 is 10.5 Å². The van der Waals surface area contributed by atoms with Gasteiger partial charge in [-0.05, 0) is 17.7 Å². The molecule has 6 heteroatoms. The monoisotopic (exact) mass is 249 g/mol. The molecule has 0 unspecified atom stereocenters. The van der Waals surface area contributed by atoms with E-state index in [4.69, 9.17) is 5.73 Å². The first kappa shape index (κ1) is 12.1. The lowest BCUT2D eigenvalue weighted by Gasteiger charge is -2.01. The number of anilines is 1. The van der Waals surface area contributed by atoms with Gasteiger partial charge in [-0.25, -0.2) is 9.18 Å². The molecular weight excluding hydrogens is 237 g/mol. The summed E-state index contributed by atoms with van der Waals surface area (Å²) >= 11 is 0. The molecule has 0 radical (unpaired) electrons. The van der Waals surface area contributed by atoms with Crippen LogP contribution in [-0.4, -0.2) is 22.9 Å². The van der Waals surface area contributed by atoms with Crippen LogP contribution in [0.15, 0.2) is 30.5 Å². The third kappa shape index (κ3) is 2.48. The van der Waals surface area contributed by atoms with Crippen molar-refractivity contribution in [2.75, 3.05) is 12.8 Å². The van der Waals surface area contributed by atoms with Crippen LogP contribution in [0.25, 0.3) is 0 Å². The van der Waals surface area contributed by atoms with Crippen molar-refractivity contribution in [1.29, 1.82) is 0 Å². The SMILES string of the molecule is COC(=O)c1nn(Cc2cccc(F)c2)cc1N. The molecule has 0 atom stereocenters. The number of halogens is 1. The van der Waals surface area contributed by atoms with Crippen molar-refractivity contribution in [3.8, 4) is 0 Å². The van der Waals surface area contributed by atoms with Gasteiger partial charge in [0.1, 0.15) is 5.82 Å². The zero-order valence-corrected chi connectivity index (χ0v) is 9.76. The Bertz CT molecular complexity index is 580. The van der Waals surface area contributed by atoms with E-state index in [0.29, 0.717) is 6.54 Å². The van der Waals surface area contributed by atoms with E-state index < -0.39 is 5.97 Å². The lowest BCUT2D eigenvalue weighted by Crippen LogP contribution is -2.07. The summed E-state index contributed by atoms with van der Waals surface area (Å²) in [4.78, 5) is 11.3. The molecule has 1 aromatic heterocycles. The number of benzene rings is 1. The van der Waals surface area contributed by atoms with Crippen LogP contribution < -0.4 is 5.73 Å². The second-order valence-corrected chi connectivity index (χ2v) is 3.75. The fourth-order valence-corrected chi connectivity index (χ4v) is 1.60. The number of esters is 1. The number of nitrogens with two attached hydrogens (primary N) is 1. The highest BCUT2D eigenvalue weighted by molar-refractivity contribution is 5.92. The van der Waals surface area contributed by atoms with Crippen molar-refractivity contribution in [3.05, 3.63) is 47.5 Å². The summed E-state index contributed by atoms with van der Waals surface area (Å²) in [6.45, 7) is 0.332. The number of ether oxygens (including phenoxy) is 1. The molecule has 0 aliphatic rings. The topological polar surface area (TPSA) is 70.1 Å². The Morgan fingerprint density at radius 1 is 1.56 bits per heavy atom. The summed E-state index contributed by atoms with van der Waals surface area (Å²) in [5.74, 6) is -0.911. The average Bonchev–Trinajstić information content (AvgIpc) is 2.69. The molecule has 0 fully saturated rings. The number of nitrogens with zero attached hydrogens (tertiary/aromatic N) is 2. The number of carbonyl (C=O) groups excluding carboxylic acids is 1. The molecule has 0 aliphatic heterocycles. The van der Waals surface area contributed by atoms with E-state index in [1.165, 1.54) is 30.1 Å². The minimum Gasteiger partial charge on any atom is -0.464 e. The first-order valence-electron chi connectivity index (χ1n) is 5.26. The summed E-state index contributed by atoms with van der Waals surface area (Å²) in [5, 5.41) is 4.00. The van der Waals surface area contributed by atoms with Gasteiger partial charge in [0.05, 0.1) is 19.3 Å². The van der Waals surface area contributed by atoms with Gasteiger partial charge in [-0.15, -0.1) is 0 Å². The van der Waals surface area contributed by atoms with Crippen LogP contribution in [0.2, 0.25) is 0 Å². The Balaban J connectivity index is 2.23. The first-order chi connectivity index (χ1) is 8.60. The Morgan fingerprint density at radius 3 is 3.00 bits per heavy atom. The van der Waals surface area contributed by atoms with E-state index in [-0.39, 0.29) is 17.2 Å². The molecule has 0 saturated heterocycles. The van der Waals surface area contributed by atoms with Crippen molar-refractivity contribution < 1.29 is 13.9 Å². The van der Waals surface area contributed by atoms with E-state index in [0.717, 1.165) is 5.56 Å². The average molecular weight is 249 g/mol. The van der Waals surface area contributed by atoms with Gasteiger partial charge in [0.25, 0.3) is 0 Å². The van der Waals surface area contributed by atoms with Crippen LogP contribution in [0, 0.1) is 5.82 Å². The second kappa shape index (κ2) is 4.87. The van der Waals surface area contributed by atoms with E-state index in [1.54, 1.807) is 12.1 Å². The van der Waals surface area contributed by atoms with Gasteiger partial charge in [0.2, 0.25) is 0 Å². The molecule has 1 aromatic carbocycles. The highest BCUT2D eigenvalue weighted by Gasteiger charge is 2.15. The molecular formula is C12H12FN3O2. The Kier molecular flexibility index (Phi) is 3.27. The second-order valence-electron chi connectivity index (χ2n) is 3.75. The standard InChI is InChI=1S/C12H12FN3O2/c1-18-12(17)11-10(14)7-16(15-11)6-8-3-2-4-9(13)5-8/h2-5,7H,6,14H2,1H3. The quantitative estimate of drug-likeness (QED) is 0.835. The van der Waals surface area contributed by atoms with E-state index in [1.807, 2.05) is 0 Å². The Morgan fingerprint density at radius 2 is 2.33 bits per heavy atom. The molecule has 0 amide bonds. The number of hydrogen-bond acceptors (Lipinski definition) is 4. The van der Waals surface area contributed by atoms with Crippen LogP contribution in [0.1, 0.15) is 16.1 Å².